The summed E-state index contributed by atoms with van der Waals surface area (Å²) in [5.41, 5.74) is 17.3. The molecule has 0 spiro atoms. The number of nitrogens with zero attached hydrogens (tertiary/aromatic N) is 1. The number of nitrogens with one attached hydrogen (secondary N) is 2. The molecule has 0 bridgehead atoms. The predicted octanol–water partition coefficient (Wildman–Crippen LogP) is 0.197. The number of amides is 3. The molecular formula is C29H48N6O7. The Labute approximate surface area is 247 Å². The number of aliphatic carboxylic acids is 2. The Balaban J connectivity index is 0.00000206. The van der Waals surface area contributed by atoms with Crippen LogP contribution in [0.5, 0.6) is 0 Å². The minimum absolute atomic E-state index is 0.0959. The van der Waals surface area contributed by atoms with Crippen molar-refractivity contribution in [3.8, 4) is 0 Å². The minimum Gasteiger partial charge on any atom is -0.481 e. The number of hydrogen-bond acceptors (Lipinski definition) is 8. The quantitative estimate of drug-likeness (QED) is 0.145. The average molecular weight is 593 g/mol. The number of rotatable bonds is 14. The molecule has 0 saturated carbocycles. The second kappa shape index (κ2) is 18.1. The largest absolute Gasteiger partial charge is 0.481 e. The molecule has 1 aliphatic rings. The summed E-state index contributed by atoms with van der Waals surface area (Å²) in [6, 6.07) is 6.87. The highest BCUT2D eigenvalue weighted by Gasteiger charge is 2.40. The van der Waals surface area contributed by atoms with E-state index in [9.17, 15) is 24.3 Å². The van der Waals surface area contributed by atoms with E-state index in [0.29, 0.717) is 38.6 Å². The van der Waals surface area contributed by atoms with Crippen LogP contribution in [0.4, 0.5) is 0 Å². The number of carbonyl (C=O) groups excluding carboxylic acids is 3. The van der Waals surface area contributed by atoms with E-state index in [2.05, 4.69) is 10.6 Å². The number of nitrogens with two attached hydrogens (primary N) is 3. The molecule has 3 amide bonds. The highest BCUT2D eigenvalue weighted by Crippen LogP contribution is 2.21. The molecule has 3 unspecified atom stereocenters. The first-order valence-electron chi connectivity index (χ1n) is 14.3. The van der Waals surface area contributed by atoms with Crippen LogP contribution in [-0.2, 0) is 30.4 Å². The van der Waals surface area contributed by atoms with Crippen molar-refractivity contribution in [3.05, 3.63) is 35.9 Å². The lowest BCUT2D eigenvalue weighted by Crippen LogP contribution is -2.60. The monoisotopic (exact) mass is 592 g/mol. The number of carboxylic acid groups (broad SMARTS) is 2. The zero-order valence-corrected chi connectivity index (χ0v) is 24.9. The van der Waals surface area contributed by atoms with Gasteiger partial charge in [0.1, 0.15) is 17.6 Å². The van der Waals surface area contributed by atoms with Gasteiger partial charge in [-0.15, -0.1) is 0 Å². The fourth-order valence-electron chi connectivity index (χ4n) is 4.53. The van der Waals surface area contributed by atoms with E-state index in [1.54, 1.807) is 4.90 Å². The summed E-state index contributed by atoms with van der Waals surface area (Å²) in [6.45, 7) is 5.79. The van der Waals surface area contributed by atoms with Crippen LogP contribution in [0.15, 0.2) is 30.3 Å². The summed E-state index contributed by atoms with van der Waals surface area (Å²) < 4.78 is 0. The Kier molecular flexibility index (Phi) is 15.7. The van der Waals surface area contributed by atoms with Crippen LogP contribution >= 0.6 is 0 Å². The van der Waals surface area contributed by atoms with Gasteiger partial charge in [-0.25, -0.2) is 0 Å². The van der Waals surface area contributed by atoms with Crippen LogP contribution < -0.4 is 27.8 Å². The fraction of sp³-hybridized carbons (Fsp3) is 0.621. The first kappa shape index (κ1) is 36.5. The molecule has 0 radical (unpaired) electrons. The van der Waals surface area contributed by atoms with Crippen molar-refractivity contribution in [3.63, 3.8) is 0 Å². The molecule has 1 aliphatic heterocycles. The summed E-state index contributed by atoms with van der Waals surface area (Å²) in [6.07, 6.45) is 2.64. The van der Waals surface area contributed by atoms with Crippen LogP contribution in [0.2, 0.25) is 0 Å². The van der Waals surface area contributed by atoms with E-state index in [0.717, 1.165) is 12.5 Å². The zero-order valence-electron chi connectivity index (χ0n) is 24.9. The smallest absolute Gasteiger partial charge is 0.323 e. The second-order valence-electron chi connectivity index (χ2n) is 11.1. The van der Waals surface area contributed by atoms with Gasteiger partial charge in [0.15, 0.2) is 0 Å². The van der Waals surface area contributed by atoms with Crippen molar-refractivity contribution in [2.75, 3.05) is 19.6 Å². The van der Waals surface area contributed by atoms with E-state index in [1.807, 2.05) is 44.2 Å². The maximum atomic E-state index is 13.4. The molecule has 0 aliphatic carbocycles. The van der Waals surface area contributed by atoms with Crippen LogP contribution in [0.3, 0.4) is 0 Å². The Morgan fingerprint density at radius 1 is 0.952 bits per heavy atom. The SMILES string of the molecule is CC(=O)O.CC(C)CC(NC(=O)C(N)Cc1ccccc1)C(=O)NC(CCCCN)C(=O)N1CCC(N)(C(=O)O)CC1. The third-order valence-corrected chi connectivity index (χ3v) is 6.93. The first-order valence-corrected chi connectivity index (χ1v) is 14.3. The van der Waals surface area contributed by atoms with Gasteiger partial charge in [0.25, 0.3) is 5.97 Å². The number of likely N-dealkylation sites (tertiary alicyclic amines) is 1. The van der Waals surface area contributed by atoms with E-state index in [-0.39, 0.29) is 37.8 Å². The summed E-state index contributed by atoms with van der Waals surface area (Å²) in [4.78, 5) is 61.6. The molecule has 42 heavy (non-hydrogen) atoms. The third kappa shape index (κ3) is 13.0. The molecule has 10 N–H and O–H groups in total. The van der Waals surface area contributed by atoms with Gasteiger partial charge in [-0.3, -0.25) is 24.0 Å². The van der Waals surface area contributed by atoms with Crippen LogP contribution in [0.25, 0.3) is 0 Å². The number of carboxylic acids is 2. The second-order valence-corrected chi connectivity index (χ2v) is 11.1. The van der Waals surface area contributed by atoms with Gasteiger partial charge >= 0.3 is 5.97 Å². The molecule has 1 heterocycles. The van der Waals surface area contributed by atoms with Crippen molar-refractivity contribution in [2.45, 2.75) is 89.4 Å². The summed E-state index contributed by atoms with van der Waals surface area (Å²) in [5.74, 6) is -3.02. The Morgan fingerprint density at radius 3 is 2.00 bits per heavy atom. The van der Waals surface area contributed by atoms with Gasteiger partial charge in [-0.05, 0) is 63.0 Å². The lowest BCUT2D eigenvalue weighted by Gasteiger charge is -2.38. The molecule has 1 saturated heterocycles. The standard InChI is InChI=1S/C27H44N6O5.C2H4O2/c1-18(2)16-22(32-23(34)20(29)17-19-8-4-3-5-9-19)24(35)31-21(10-6-7-13-28)25(36)33-14-11-27(30,12-15-33)26(37)38;1-2(3)4/h3-5,8-9,18,20-22H,6-7,10-17,28-30H2,1-2H3,(H,31,35)(H,32,34)(H,37,38);1H3,(H,3,4). The molecular weight excluding hydrogens is 544 g/mol. The third-order valence-electron chi connectivity index (χ3n) is 6.93. The first-order chi connectivity index (χ1) is 19.7. The maximum absolute atomic E-state index is 13.4. The van der Waals surface area contributed by atoms with E-state index >= 15 is 0 Å². The van der Waals surface area contributed by atoms with Gasteiger partial charge in [-0.2, -0.15) is 0 Å². The number of unbranched alkanes of at least 4 members (excludes halogenated alkanes) is 1. The van der Waals surface area contributed by atoms with E-state index in [4.69, 9.17) is 27.1 Å². The zero-order chi connectivity index (χ0) is 31.9. The van der Waals surface area contributed by atoms with Crippen LogP contribution in [0, 0.1) is 5.92 Å². The van der Waals surface area contributed by atoms with Gasteiger partial charge in [-0.1, -0.05) is 44.2 Å². The lowest BCUT2D eigenvalue weighted by molar-refractivity contribution is -0.148. The maximum Gasteiger partial charge on any atom is 0.323 e. The van der Waals surface area contributed by atoms with Gasteiger partial charge in [0.05, 0.1) is 6.04 Å². The van der Waals surface area contributed by atoms with Gasteiger partial charge in [0, 0.05) is 20.0 Å². The summed E-state index contributed by atoms with van der Waals surface area (Å²) in [7, 11) is 0. The minimum atomic E-state index is -1.36. The number of carbonyl (C=O) groups is 5. The molecule has 2 rings (SSSR count). The Hall–Kier alpha value is -3.55. The fourth-order valence-corrected chi connectivity index (χ4v) is 4.53. The van der Waals surface area contributed by atoms with Gasteiger partial charge < -0.3 is 42.9 Å². The summed E-state index contributed by atoms with van der Waals surface area (Å²) in [5, 5.41) is 22.4. The highest BCUT2D eigenvalue weighted by atomic mass is 16.4. The predicted molar refractivity (Wildman–Crippen MR) is 158 cm³/mol. The van der Waals surface area contributed by atoms with Crippen molar-refractivity contribution >= 4 is 29.7 Å². The number of benzene rings is 1. The summed E-state index contributed by atoms with van der Waals surface area (Å²) >= 11 is 0. The molecule has 3 atom stereocenters. The molecule has 13 heteroatoms. The molecule has 0 aromatic heterocycles. The van der Waals surface area contributed by atoms with Crippen molar-refractivity contribution in [2.24, 2.45) is 23.1 Å². The average Bonchev–Trinajstić information content (AvgIpc) is 2.92. The van der Waals surface area contributed by atoms with E-state index < -0.39 is 47.4 Å². The van der Waals surface area contributed by atoms with Crippen molar-refractivity contribution < 1.29 is 34.2 Å². The van der Waals surface area contributed by atoms with Crippen molar-refractivity contribution in [1.29, 1.82) is 0 Å². The highest BCUT2D eigenvalue weighted by molar-refractivity contribution is 5.93. The van der Waals surface area contributed by atoms with Crippen LogP contribution in [-0.4, -0.2) is 88.1 Å². The Bertz CT molecular complexity index is 1020. The normalized spacial score (nSPS) is 16.3. The van der Waals surface area contributed by atoms with Crippen molar-refractivity contribution in [1.82, 2.24) is 15.5 Å². The van der Waals surface area contributed by atoms with Gasteiger partial charge in [0.2, 0.25) is 17.7 Å². The topological polar surface area (TPSA) is 231 Å². The number of hydrogen-bond donors (Lipinski definition) is 7. The van der Waals surface area contributed by atoms with E-state index in [1.165, 1.54) is 0 Å². The molecule has 1 aromatic rings. The molecule has 236 valence electrons. The molecule has 13 nitrogen and oxygen atoms in total. The van der Waals surface area contributed by atoms with Crippen LogP contribution in [0.1, 0.15) is 64.9 Å². The molecule has 1 fully saturated rings. The number of piperidine rings is 1. The lowest BCUT2D eigenvalue weighted by atomic mass is 9.88. The molecule has 1 aromatic carbocycles. The Morgan fingerprint density at radius 2 is 1.50 bits per heavy atom.